The first kappa shape index (κ1) is 18.8. The Kier molecular flexibility index (Phi) is 4.61. The molecule has 0 aliphatic rings. The number of nitrogens with zero attached hydrogens (tertiary/aromatic N) is 5. The molecule has 3 heterocycles. The number of aromatic nitrogens is 6. The summed E-state index contributed by atoms with van der Waals surface area (Å²) in [5, 5.41) is 8.72. The maximum Gasteiger partial charge on any atom is 0.435 e. The second kappa shape index (κ2) is 7.12. The molecule has 1 N–H and O–H groups in total. The number of rotatable bonds is 4. The van der Waals surface area contributed by atoms with Gasteiger partial charge in [0.2, 0.25) is 0 Å². The highest BCUT2D eigenvalue weighted by Gasteiger charge is 2.37. The third kappa shape index (κ3) is 3.86. The van der Waals surface area contributed by atoms with E-state index in [2.05, 4.69) is 20.3 Å². The first-order valence-electron chi connectivity index (χ1n) is 8.53. The number of aromatic amines is 1. The quantitative estimate of drug-likeness (QED) is 0.518. The smallest absolute Gasteiger partial charge is 0.332 e. The number of H-pyrrole nitrogens is 1. The number of imidazole rings is 1. The van der Waals surface area contributed by atoms with Crippen molar-refractivity contribution >= 4 is 0 Å². The van der Waals surface area contributed by atoms with Gasteiger partial charge in [-0.2, -0.15) is 13.2 Å². The molecule has 0 aliphatic heterocycles. The third-order valence-corrected chi connectivity index (χ3v) is 4.42. The summed E-state index contributed by atoms with van der Waals surface area (Å²) in [5.74, 6) is -0.301. The van der Waals surface area contributed by atoms with Crippen LogP contribution in [-0.2, 0) is 12.7 Å². The highest BCUT2D eigenvalue weighted by atomic mass is 19.4. The zero-order chi connectivity index (χ0) is 20.6. The van der Waals surface area contributed by atoms with E-state index in [1.807, 2.05) is 12.0 Å². The van der Waals surface area contributed by atoms with Gasteiger partial charge in [-0.15, -0.1) is 5.10 Å². The number of hydrogen-bond acceptors (Lipinski definition) is 4. The Morgan fingerprint density at radius 2 is 1.90 bits per heavy atom. The van der Waals surface area contributed by atoms with E-state index in [-0.39, 0.29) is 17.1 Å². The fourth-order valence-electron chi connectivity index (χ4n) is 2.96. The molecular formula is C19H14F4N6. The van der Waals surface area contributed by atoms with Gasteiger partial charge in [0, 0.05) is 24.5 Å². The molecule has 0 saturated heterocycles. The lowest BCUT2D eigenvalue weighted by Crippen LogP contribution is -2.07. The van der Waals surface area contributed by atoms with Crippen LogP contribution in [0, 0.1) is 12.7 Å². The van der Waals surface area contributed by atoms with Crippen LogP contribution in [0.2, 0.25) is 0 Å². The van der Waals surface area contributed by atoms with Crippen molar-refractivity contribution in [2.24, 2.45) is 0 Å². The van der Waals surface area contributed by atoms with Crippen LogP contribution in [0.3, 0.4) is 0 Å². The number of pyridine rings is 1. The molecule has 0 aliphatic carbocycles. The van der Waals surface area contributed by atoms with Gasteiger partial charge >= 0.3 is 6.18 Å². The van der Waals surface area contributed by atoms with Gasteiger partial charge in [-0.25, -0.2) is 9.37 Å². The number of benzene rings is 1. The van der Waals surface area contributed by atoms with E-state index in [0.717, 1.165) is 11.1 Å². The molecule has 10 heteroatoms. The Morgan fingerprint density at radius 1 is 1.07 bits per heavy atom. The Labute approximate surface area is 162 Å². The normalized spacial score (nSPS) is 11.8. The summed E-state index contributed by atoms with van der Waals surface area (Å²) in [6.45, 7) is 2.29. The minimum absolute atomic E-state index is 0.222. The van der Waals surface area contributed by atoms with Crippen molar-refractivity contribution in [2.45, 2.75) is 19.6 Å². The SMILES string of the molecule is Cc1cc(F)ccc1Cn1cnc(-c2cc(-c3nn[nH]c3C(F)(F)F)ccn2)c1. The van der Waals surface area contributed by atoms with Gasteiger partial charge in [-0.3, -0.25) is 10.1 Å². The van der Waals surface area contributed by atoms with Gasteiger partial charge in [0.15, 0.2) is 5.69 Å². The van der Waals surface area contributed by atoms with Crippen LogP contribution in [0.15, 0.2) is 49.1 Å². The molecule has 0 radical (unpaired) electrons. The summed E-state index contributed by atoms with van der Waals surface area (Å²) in [6, 6.07) is 7.44. The fraction of sp³-hybridized carbons (Fsp3) is 0.158. The Morgan fingerprint density at radius 3 is 2.66 bits per heavy atom. The number of alkyl halides is 3. The average molecular weight is 402 g/mol. The van der Waals surface area contributed by atoms with E-state index in [1.54, 1.807) is 23.2 Å². The summed E-state index contributed by atoms with van der Waals surface area (Å²) in [6.07, 6.45) is 0.103. The minimum Gasteiger partial charge on any atom is -0.332 e. The van der Waals surface area contributed by atoms with E-state index in [1.165, 1.54) is 30.5 Å². The molecule has 0 spiro atoms. The van der Waals surface area contributed by atoms with Crippen LogP contribution in [-0.4, -0.2) is 29.9 Å². The topological polar surface area (TPSA) is 72.3 Å². The van der Waals surface area contributed by atoms with Crippen LogP contribution >= 0.6 is 0 Å². The number of nitrogens with one attached hydrogen (secondary N) is 1. The molecule has 3 aromatic heterocycles. The zero-order valence-electron chi connectivity index (χ0n) is 15.1. The van der Waals surface area contributed by atoms with Crippen molar-refractivity contribution in [3.63, 3.8) is 0 Å². The minimum atomic E-state index is -4.60. The van der Waals surface area contributed by atoms with Crippen molar-refractivity contribution in [1.29, 1.82) is 0 Å². The van der Waals surface area contributed by atoms with Crippen LogP contribution in [0.5, 0.6) is 0 Å². The molecule has 0 amide bonds. The molecule has 4 aromatic rings. The molecule has 0 bridgehead atoms. The van der Waals surface area contributed by atoms with Crippen molar-refractivity contribution in [3.8, 4) is 22.6 Å². The number of aryl methyl sites for hydroxylation is 1. The lowest BCUT2D eigenvalue weighted by molar-refractivity contribution is -0.140. The van der Waals surface area contributed by atoms with E-state index in [4.69, 9.17) is 0 Å². The molecule has 4 rings (SSSR count). The van der Waals surface area contributed by atoms with Crippen molar-refractivity contribution in [2.75, 3.05) is 0 Å². The maximum atomic E-state index is 13.3. The molecule has 148 valence electrons. The van der Waals surface area contributed by atoms with E-state index < -0.39 is 11.9 Å². The third-order valence-electron chi connectivity index (χ3n) is 4.42. The van der Waals surface area contributed by atoms with E-state index in [0.29, 0.717) is 17.9 Å². The average Bonchev–Trinajstić information content (AvgIpc) is 3.33. The van der Waals surface area contributed by atoms with Gasteiger partial charge in [-0.1, -0.05) is 11.3 Å². The second-order valence-corrected chi connectivity index (χ2v) is 6.46. The Bertz CT molecular complexity index is 1160. The Hall–Kier alpha value is -3.56. The van der Waals surface area contributed by atoms with E-state index >= 15 is 0 Å². The monoisotopic (exact) mass is 402 g/mol. The molecule has 1 aromatic carbocycles. The van der Waals surface area contributed by atoms with Crippen molar-refractivity contribution in [3.05, 3.63) is 71.7 Å². The fourth-order valence-corrected chi connectivity index (χ4v) is 2.96. The van der Waals surface area contributed by atoms with Crippen LogP contribution in [0.4, 0.5) is 17.6 Å². The first-order valence-corrected chi connectivity index (χ1v) is 8.53. The zero-order valence-corrected chi connectivity index (χ0v) is 15.1. The predicted molar refractivity (Wildman–Crippen MR) is 96.1 cm³/mol. The van der Waals surface area contributed by atoms with Gasteiger partial charge in [-0.05, 0) is 42.3 Å². The lowest BCUT2D eigenvalue weighted by atomic mass is 10.1. The summed E-state index contributed by atoms with van der Waals surface area (Å²) >= 11 is 0. The van der Waals surface area contributed by atoms with Crippen LogP contribution in [0.1, 0.15) is 16.8 Å². The van der Waals surface area contributed by atoms with E-state index in [9.17, 15) is 17.6 Å². The maximum absolute atomic E-state index is 13.3. The highest BCUT2D eigenvalue weighted by molar-refractivity contribution is 5.67. The van der Waals surface area contributed by atoms with Crippen LogP contribution in [0.25, 0.3) is 22.6 Å². The van der Waals surface area contributed by atoms with Gasteiger partial charge in [0.25, 0.3) is 0 Å². The predicted octanol–water partition coefficient (Wildman–Crippen LogP) is 4.24. The van der Waals surface area contributed by atoms with Crippen molar-refractivity contribution < 1.29 is 17.6 Å². The van der Waals surface area contributed by atoms with Gasteiger partial charge < -0.3 is 4.57 Å². The number of halogens is 4. The number of hydrogen-bond donors (Lipinski definition) is 1. The largest absolute Gasteiger partial charge is 0.435 e. The molecule has 6 nitrogen and oxygen atoms in total. The first-order chi connectivity index (χ1) is 13.8. The molecule has 0 saturated carbocycles. The molecular weight excluding hydrogens is 388 g/mol. The summed E-state index contributed by atoms with van der Waals surface area (Å²) in [4.78, 5) is 8.48. The lowest BCUT2D eigenvalue weighted by Gasteiger charge is -2.07. The molecule has 29 heavy (non-hydrogen) atoms. The Balaban J connectivity index is 1.62. The van der Waals surface area contributed by atoms with Crippen molar-refractivity contribution in [1.82, 2.24) is 29.9 Å². The summed E-state index contributed by atoms with van der Waals surface area (Å²) in [5.41, 5.74) is 1.52. The summed E-state index contributed by atoms with van der Waals surface area (Å²) < 4.78 is 54.3. The molecule has 0 unspecified atom stereocenters. The van der Waals surface area contributed by atoms with Crippen LogP contribution < -0.4 is 0 Å². The molecule has 0 fully saturated rings. The standard InChI is InChI=1S/C19H14F4N6/c1-11-6-14(20)3-2-13(11)8-29-9-16(25-10-29)15-7-12(4-5-24-15)17-18(19(21,22)23)27-28-26-17/h2-7,9-10H,8H2,1H3,(H,26,27,28). The van der Waals surface area contributed by atoms with Gasteiger partial charge in [0.1, 0.15) is 17.2 Å². The second-order valence-electron chi connectivity index (χ2n) is 6.46. The van der Waals surface area contributed by atoms with Gasteiger partial charge in [0.05, 0.1) is 12.0 Å². The highest BCUT2D eigenvalue weighted by Crippen LogP contribution is 2.34. The molecule has 0 atom stereocenters. The summed E-state index contributed by atoms with van der Waals surface area (Å²) in [7, 11) is 0.